The molecule has 0 aliphatic heterocycles. The maximum atomic E-state index is 4.61. The van der Waals surface area contributed by atoms with Crippen molar-refractivity contribution in [2.75, 3.05) is 18.0 Å². The minimum Gasteiger partial charge on any atom is -0.372 e. The lowest BCUT2D eigenvalue weighted by molar-refractivity contribution is 0.745. The molecule has 0 aliphatic carbocycles. The van der Waals surface area contributed by atoms with Gasteiger partial charge in [-0.15, -0.1) is 21.6 Å². The van der Waals surface area contributed by atoms with Crippen LogP contribution in [0.3, 0.4) is 0 Å². The van der Waals surface area contributed by atoms with Crippen LogP contribution >= 0.6 is 22.7 Å². The third-order valence-electron chi connectivity index (χ3n) is 5.49. The Labute approximate surface area is 215 Å². The summed E-state index contributed by atoms with van der Waals surface area (Å²) >= 11 is 3.35. The van der Waals surface area contributed by atoms with Crippen LogP contribution in [-0.2, 0) is 6.42 Å². The molecule has 0 bridgehead atoms. The van der Waals surface area contributed by atoms with E-state index >= 15 is 0 Å². The van der Waals surface area contributed by atoms with E-state index < -0.39 is 0 Å². The van der Waals surface area contributed by atoms with Gasteiger partial charge in [-0.3, -0.25) is 0 Å². The number of nitrogens with zero attached hydrogens (tertiary/aromatic N) is 6. The molecule has 2 aromatic heterocycles. The van der Waals surface area contributed by atoms with Crippen LogP contribution in [0.5, 0.6) is 0 Å². The zero-order chi connectivity index (χ0) is 24.5. The van der Waals surface area contributed by atoms with Crippen molar-refractivity contribution in [1.82, 2.24) is 4.98 Å². The average molecular weight is 505 g/mol. The van der Waals surface area contributed by atoms with Gasteiger partial charge in [-0.05, 0) is 80.3 Å². The summed E-state index contributed by atoms with van der Waals surface area (Å²) in [7, 11) is 0. The van der Waals surface area contributed by atoms with Crippen molar-refractivity contribution in [1.29, 1.82) is 0 Å². The van der Waals surface area contributed by atoms with Crippen LogP contribution in [0, 0.1) is 0 Å². The number of hydrogen-bond acceptors (Lipinski definition) is 8. The van der Waals surface area contributed by atoms with Crippen LogP contribution in [0.15, 0.2) is 75.1 Å². The summed E-state index contributed by atoms with van der Waals surface area (Å²) < 4.78 is 1.20. The third-order valence-corrected chi connectivity index (χ3v) is 7.59. The highest BCUT2D eigenvalue weighted by Gasteiger charge is 2.08. The molecule has 0 aliphatic rings. The first-order chi connectivity index (χ1) is 17.2. The van der Waals surface area contributed by atoms with Crippen molar-refractivity contribution >= 4 is 60.1 Å². The molecular weight excluding hydrogens is 472 g/mol. The number of anilines is 1. The van der Waals surface area contributed by atoms with Crippen LogP contribution in [0.2, 0.25) is 0 Å². The van der Waals surface area contributed by atoms with Gasteiger partial charge >= 0.3 is 0 Å². The average Bonchev–Trinajstić information content (AvgIpc) is 3.44. The van der Waals surface area contributed by atoms with E-state index in [9.17, 15) is 0 Å². The lowest BCUT2D eigenvalue weighted by Crippen LogP contribution is -2.24. The number of aryl methyl sites for hydroxylation is 1. The standard InChI is InChI=1S/C27H32N6S2/c1-4-7-8-24-19-25-26(34-24)28-27(35-25)32-31-21-11-9-20(10-12-21)29-30-22-13-15-23(16-14-22)33(17-5-2)18-6-3/h9-16,19H,4-8,17-18H2,1-3H3. The molecule has 2 heterocycles. The Balaban J connectivity index is 1.35. The second-order valence-electron chi connectivity index (χ2n) is 8.40. The number of rotatable bonds is 12. The molecule has 0 atom stereocenters. The summed E-state index contributed by atoms with van der Waals surface area (Å²) in [5, 5.41) is 18.1. The second-order valence-corrected chi connectivity index (χ2v) is 10.5. The van der Waals surface area contributed by atoms with Gasteiger partial charge < -0.3 is 4.90 Å². The van der Waals surface area contributed by atoms with Crippen molar-refractivity contribution in [2.45, 2.75) is 52.9 Å². The van der Waals surface area contributed by atoms with Crippen molar-refractivity contribution in [3.8, 4) is 0 Å². The summed E-state index contributed by atoms with van der Waals surface area (Å²) in [6.07, 6.45) is 5.84. The molecule has 0 N–H and O–H groups in total. The minimum atomic E-state index is 0.692. The quantitative estimate of drug-likeness (QED) is 0.180. The molecule has 6 nitrogen and oxygen atoms in total. The molecule has 0 fully saturated rings. The van der Waals surface area contributed by atoms with Gasteiger partial charge in [0.1, 0.15) is 4.83 Å². The van der Waals surface area contributed by atoms with Gasteiger partial charge in [-0.1, -0.05) is 38.5 Å². The van der Waals surface area contributed by atoms with Gasteiger partial charge in [0.25, 0.3) is 0 Å². The van der Waals surface area contributed by atoms with Crippen LogP contribution in [-0.4, -0.2) is 18.1 Å². The zero-order valence-corrected chi connectivity index (χ0v) is 22.3. The highest BCUT2D eigenvalue weighted by atomic mass is 32.1. The van der Waals surface area contributed by atoms with Gasteiger partial charge in [0.05, 0.1) is 21.8 Å². The first-order valence-electron chi connectivity index (χ1n) is 12.4. The summed E-state index contributed by atoms with van der Waals surface area (Å²) in [6.45, 7) is 8.78. The Morgan fingerprint density at radius 3 is 1.83 bits per heavy atom. The van der Waals surface area contributed by atoms with E-state index in [0.29, 0.717) is 5.13 Å². The van der Waals surface area contributed by atoms with E-state index in [1.54, 1.807) is 22.7 Å². The third kappa shape index (κ3) is 7.02. The van der Waals surface area contributed by atoms with E-state index in [1.807, 2.05) is 36.4 Å². The van der Waals surface area contributed by atoms with Crippen molar-refractivity contribution in [3.63, 3.8) is 0 Å². The van der Waals surface area contributed by atoms with Gasteiger partial charge in [-0.25, -0.2) is 4.98 Å². The van der Waals surface area contributed by atoms with Crippen LogP contribution in [0.1, 0.15) is 51.3 Å². The largest absolute Gasteiger partial charge is 0.372 e. The molecule has 0 amide bonds. The summed E-state index contributed by atoms with van der Waals surface area (Å²) in [5.74, 6) is 0. The molecular formula is C27H32N6S2. The SMILES string of the molecule is CCCCc1cc2sc(N=Nc3ccc(N=Nc4ccc(N(CCC)CCC)cc4)cc3)nc2s1. The van der Waals surface area contributed by atoms with Gasteiger partial charge in [0, 0.05) is 23.7 Å². The molecule has 0 radical (unpaired) electrons. The number of fused-ring (bicyclic) bond motifs is 1. The van der Waals surface area contributed by atoms with E-state index in [-0.39, 0.29) is 0 Å². The van der Waals surface area contributed by atoms with E-state index in [1.165, 1.54) is 28.1 Å². The predicted molar refractivity (Wildman–Crippen MR) is 150 cm³/mol. The Morgan fingerprint density at radius 2 is 1.29 bits per heavy atom. The fraction of sp³-hybridized carbons (Fsp3) is 0.370. The Hall–Kier alpha value is -2.97. The Morgan fingerprint density at radius 1 is 0.714 bits per heavy atom. The minimum absolute atomic E-state index is 0.692. The van der Waals surface area contributed by atoms with E-state index in [0.717, 1.165) is 54.2 Å². The van der Waals surface area contributed by atoms with Crippen LogP contribution in [0.4, 0.5) is 27.9 Å². The Bertz CT molecular complexity index is 1220. The van der Waals surface area contributed by atoms with Gasteiger partial charge in [-0.2, -0.15) is 10.2 Å². The molecule has 0 unspecified atom stereocenters. The number of thiophene rings is 1. The molecule has 35 heavy (non-hydrogen) atoms. The molecule has 0 spiro atoms. The fourth-order valence-electron chi connectivity index (χ4n) is 3.73. The number of benzene rings is 2. The summed E-state index contributed by atoms with van der Waals surface area (Å²) in [4.78, 5) is 9.49. The first kappa shape index (κ1) is 25.1. The molecule has 0 saturated heterocycles. The molecule has 2 aromatic carbocycles. The highest BCUT2D eigenvalue weighted by Crippen LogP contribution is 2.35. The lowest BCUT2D eigenvalue weighted by Gasteiger charge is -2.23. The van der Waals surface area contributed by atoms with Crippen molar-refractivity contribution in [2.24, 2.45) is 20.5 Å². The van der Waals surface area contributed by atoms with Crippen LogP contribution < -0.4 is 4.90 Å². The van der Waals surface area contributed by atoms with Crippen molar-refractivity contribution < 1.29 is 0 Å². The molecule has 0 saturated carbocycles. The highest BCUT2D eigenvalue weighted by molar-refractivity contribution is 7.28. The second kappa shape index (κ2) is 12.7. The van der Waals surface area contributed by atoms with Gasteiger partial charge in [0.2, 0.25) is 5.13 Å². The zero-order valence-electron chi connectivity index (χ0n) is 20.6. The Kier molecular flexibility index (Phi) is 9.08. The number of hydrogen-bond donors (Lipinski definition) is 0. The first-order valence-corrected chi connectivity index (χ1v) is 14.0. The fourth-order valence-corrected chi connectivity index (χ4v) is 5.82. The number of azo groups is 2. The lowest BCUT2D eigenvalue weighted by atomic mass is 10.2. The van der Waals surface area contributed by atoms with Crippen LogP contribution in [0.25, 0.3) is 9.53 Å². The number of thiazole rings is 1. The molecule has 182 valence electrons. The maximum Gasteiger partial charge on any atom is 0.231 e. The normalized spacial score (nSPS) is 11.9. The maximum absolute atomic E-state index is 4.61. The molecule has 8 heteroatoms. The van der Waals surface area contributed by atoms with Gasteiger partial charge in [0.15, 0.2) is 0 Å². The van der Waals surface area contributed by atoms with E-state index in [4.69, 9.17) is 0 Å². The summed E-state index contributed by atoms with van der Waals surface area (Å²) in [6, 6.07) is 18.1. The monoisotopic (exact) mass is 504 g/mol. The van der Waals surface area contributed by atoms with Crippen molar-refractivity contribution in [3.05, 3.63) is 59.5 Å². The molecule has 4 aromatic rings. The van der Waals surface area contributed by atoms with E-state index in [2.05, 4.69) is 69.3 Å². The molecule has 4 rings (SSSR count). The smallest absolute Gasteiger partial charge is 0.231 e. The topological polar surface area (TPSA) is 65.6 Å². The number of unbranched alkanes of at least 4 members (excludes halogenated alkanes) is 1. The predicted octanol–water partition coefficient (Wildman–Crippen LogP) is 10.2. The summed E-state index contributed by atoms with van der Waals surface area (Å²) in [5.41, 5.74) is 3.62. The number of aromatic nitrogens is 1.